The average Bonchev–Trinajstić information content (AvgIpc) is 3.14. The van der Waals surface area contributed by atoms with Gasteiger partial charge in [0.15, 0.2) is 0 Å². The zero-order valence-corrected chi connectivity index (χ0v) is 17.2. The minimum absolute atomic E-state index is 0.0513. The Labute approximate surface area is 163 Å². The summed E-state index contributed by atoms with van der Waals surface area (Å²) in [5, 5.41) is 0. The highest BCUT2D eigenvalue weighted by atomic mass is 32.2. The monoisotopic (exact) mass is 393 g/mol. The number of likely N-dealkylation sites (N-methyl/N-ethyl adjacent to an activating group) is 1. The van der Waals surface area contributed by atoms with E-state index in [1.807, 2.05) is 13.1 Å². The number of hydrogen-bond acceptors (Lipinski definition) is 4. The summed E-state index contributed by atoms with van der Waals surface area (Å²) in [4.78, 5) is 17.0. The van der Waals surface area contributed by atoms with Gasteiger partial charge in [-0.25, -0.2) is 8.42 Å². The van der Waals surface area contributed by atoms with E-state index in [-0.39, 0.29) is 5.91 Å². The third-order valence-corrected chi connectivity index (χ3v) is 7.07. The molecule has 1 aromatic carbocycles. The molecule has 7 heteroatoms. The number of benzene rings is 1. The molecule has 27 heavy (non-hydrogen) atoms. The maximum Gasteiger partial charge on any atom is 0.240 e. The molecule has 2 heterocycles. The molecule has 150 valence electrons. The number of carbonyl (C=O) groups excluding carboxylic acids is 1. The van der Waals surface area contributed by atoms with Crippen molar-refractivity contribution in [2.24, 2.45) is 5.92 Å². The highest BCUT2D eigenvalue weighted by Crippen LogP contribution is 2.24. The van der Waals surface area contributed by atoms with Gasteiger partial charge < -0.3 is 4.90 Å². The van der Waals surface area contributed by atoms with Gasteiger partial charge in [0.05, 0.1) is 6.26 Å². The van der Waals surface area contributed by atoms with Crippen LogP contribution in [-0.4, -0.2) is 74.0 Å². The number of likely N-dealkylation sites (tertiary alicyclic amines) is 1. The summed E-state index contributed by atoms with van der Waals surface area (Å²) < 4.78 is 25.2. The molecule has 2 fully saturated rings. The van der Waals surface area contributed by atoms with Gasteiger partial charge in [0.2, 0.25) is 15.9 Å². The van der Waals surface area contributed by atoms with Crippen molar-refractivity contribution in [1.82, 2.24) is 14.1 Å². The number of piperidine rings is 1. The van der Waals surface area contributed by atoms with Gasteiger partial charge in [-0.2, -0.15) is 4.31 Å². The number of hydrogen-bond donors (Lipinski definition) is 0. The van der Waals surface area contributed by atoms with Gasteiger partial charge in [-0.15, -0.1) is 0 Å². The summed E-state index contributed by atoms with van der Waals surface area (Å²) in [5.74, 6) is 0.434. The van der Waals surface area contributed by atoms with Crippen molar-refractivity contribution in [3.8, 4) is 0 Å². The van der Waals surface area contributed by atoms with Gasteiger partial charge in [0.25, 0.3) is 0 Å². The first-order valence-electron chi connectivity index (χ1n) is 9.82. The van der Waals surface area contributed by atoms with Crippen molar-refractivity contribution in [3.63, 3.8) is 0 Å². The Morgan fingerprint density at radius 2 is 1.78 bits per heavy atom. The van der Waals surface area contributed by atoms with Gasteiger partial charge in [0.1, 0.15) is 6.04 Å². The summed E-state index contributed by atoms with van der Waals surface area (Å²) in [5.41, 5.74) is 1.34. The molecule has 6 nitrogen and oxygen atoms in total. The molecule has 2 saturated heterocycles. The van der Waals surface area contributed by atoms with Crippen LogP contribution >= 0.6 is 0 Å². The topological polar surface area (TPSA) is 60.9 Å². The molecule has 1 aromatic rings. The largest absolute Gasteiger partial charge is 0.344 e. The number of rotatable bonds is 6. The van der Waals surface area contributed by atoms with Gasteiger partial charge in [-0.05, 0) is 50.3 Å². The fraction of sp³-hybridized carbons (Fsp3) is 0.650. The first kappa shape index (κ1) is 20.3. The zero-order valence-electron chi connectivity index (χ0n) is 16.4. The van der Waals surface area contributed by atoms with Crippen LogP contribution in [0.15, 0.2) is 30.3 Å². The summed E-state index contributed by atoms with van der Waals surface area (Å²) in [7, 11) is -1.50. The quantitative estimate of drug-likeness (QED) is 0.739. The summed E-state index contributed by atoms with van der Waals surface area (Å²) in [6, 6.07) is 10.00. The van der Waals surface area contributed by atoms with E-state index in [1.54, 1.807) is 4.90 Å². The van der Waals surface area contributed by atoms with Crippen LogP contribution < -0.4 is 0 Å². The van der Waals surface area contributed by atoms with Crippen LogP contribution in [0.3, 0.4) is 0 Å². The Kier molecular flexibility index (Phi) is 6.55. The van der Waals surface area contributed by atoms with Crippen molar-refractivity contribution in [2.75, 3.05) is 39.5 Å². The van der Waals surface area contributed by atoms with Gasteiger partial charge in [-0.1, -0.05) is 30.3 Å². The lowest BCUT2D eigenvalue weighted by Gasteiger charge is -2.35. The number of sulfonamides is 1. The van der Waals surface area contributed by atoms with Crippen LogP contribution in [0.1, 0.15) is 31.2 Å². The van der Waals surface area contributed by atoms with Crippen LogP contribution in [-0.2, 0) is 21.4 Å². The predicted octanol–water partition coefficient (Wildman–Crippen LogP) is 1.78. The van der Waals surface area contributed by atoms with Crippen LogP contribution in [0.4, 0.5) is 0 Å². The van der Waals surface area contributed by atoms with E-state index in [2.05, 4.69) is 29.2 Å². The molecule has 2 aliphatic rings. The summed E-state index contributed by atoms with van der Waals surface area (Å²) in [6.07, 6.45) is 4.73. The van der Waals surface area contributed by atoms with E-state index in [0.717, 1.165) is 38.9 Å². The van der Waals surface area contributed by atoms with E-state index in [4.69, 9.17) is 0 Å². The lowest BCUT2D eigenvalue weighted by atomic mass is 9.95. The molecule has 0 aliphatic carbocycles. The maximum atomic E-state index is 12.8. The lowest BCUT2D eigenvalue weighted by Crippen LogP contribution is -2.48. The molecular weight excluding hydrogens is 362 g/mol. The van der Waals surface area contributed by atoms with E-state index < -0.39 is 16.1 Å². The Morgan fingerprint density at radius 3 is 2.41 bits per heavy atom. The summed E-state index contributed by atoms with van der Waals surface area (Å²) >= 11 is 0. The molecule has 0 aromatic heterocycles. The average molecular weight is 394 g/mol. The van der Waals surface area contributed by atoms with Gasteiger partial charge >= 0.3 is 0 Å². The van der Waals surface area contributed by atoms with Crippen LogP contribution in [0.5, 0.6) is 0 Å². The van der Waals surface area contributed by atoms with E-state index >= 15 is 0 Å². The first-order valence-corrected chi connectivity index (χ1v) is 11.7. The highest BCUT2D eigenvalue weighted by molar-refractivity contribution is 7.88. The van der Waals surface area contributed by atoms with Gasteiger partial charge in [0, 0.05) is 26.7 Å². The van der Waals surface area contributed by atoms with Crippen LogP contribution in [0.25, 0.3) is 0 Å². The second-order valence-electron chi connectivity index (χ2n) is 7.96. The molecule has 1 amide bonds. The number of carbonyl (C=O) groups is 1. The molecule has 0 N–H and O–H groups in total. The van der Waals surface area contributed by atoms with E-state index in [0.29, 0.717) is 25.4 Å². The normalized spacial score (nSPS) is 22.8. The minimum atomic E-state index is -3.32. The third kappa shape index (κ3) is 5.30. The van der Waals surface area contributed by atoms with Crippen molar-refractivity contribution >= 4 is 15.9 Å². The standard InChI is InChI=1S/C20H31N3O3S/c1-21(20(24)19-9-6-12-23(19)27(2,25)26)15-18-10-13-22(14-11-18)16-17-7-4-3-5-8-17/h3-5,7-8,18-19H,6,9-16H2,1-2H3/t19-/m0/s1. The van der Waals surface area contributed by atoms with Crippen molar-refractivity contribution < 1.29 is 13.2 Å². The third-order valence-electron chi connectivity index (χ3n) is 5.78. The Morgan fingerprint density at radius 1 is 1.11 bits per heavy atom. The van der Waals surface area contributed by atoms with E-state index in [9.17, 15) is 13.2 Å². The molecule has 0 radical (unpaired) electrons. The Bertz CT molecular complexity index is 730. The predicted molar refractivity (Wildman–Crippen MR) is 107 cm³/mol. The van der Waals surface area contributed by atoms with Crippen molar-refractivity contribution in [1.29, 1.82) is 0 Å². The summed E-state index contributed by atoms with van der Waals surface area (Å²) in [6.45, 7) is 4.24. The fourth-order valence-electron chi connectivity index (χ4n) is 4.28. The Hall–Kier alpha value is -1.44. The number of nitrogens with zero attached hydrogens (tertiary/aromatic N) is 3. The molecule has 2 aliphatic heterocycles. The molecule has 0 unspecified atom stereocenters. The molecule has 0 saturated carbocycles. The first-order chi connectivity index (χ1) is 12.8. The molecule has 0 bridgehead atoms. The molecule has 0 spiro atoms. The fourth-order valence-corrected chi connectivity index (χ4v) is 5.40. The smallest absolute Gasteiger partial charge is 0.240 e. The lowest BCUT2D eigenvalue weighted by molar-refractivity contribution is -0.134. The Balaban J connectivity index is 1.47. The highest BCUT2D eigenvalue weighted by Gasteiger charge is 2.38. The SMILES string of the molecule is CN(CC1CCN(Cc2ccccc2)CC1)C(=O)[C@@H]1CCCN1S(C)(=O)=O. The molecular formula is C20H31N3O3S. The zero-order chi connectivity index (χ0) is 19.4. The van der Waals surface area contributed by atoms with Crippen LogP contribution in [0, 0.1) is 5.92 Å². The van der Waals surface area contributed by atoms with Crippen molar-refractivity contribution in [3.05, 3.63) is 35.9 Å². The van der Waals surface area contributed by atoms with Crippen LogP contribution in [0.2, 0.25) is 0 Å². The second kappa shape index (κ2) is 8.71. The minimum Gasteiger partial charge on any atom is -0.344 e. The van der Waals surface area contributed by atoms with Crippen molar-refractivity contribution in [2.45, 2.75) is 38.3 Å². The van der Waals surface area contributed by atoms with E-state index in [1.165, 1.54) is 16.1 Å². The van der Waals surface area contributed by atoms with Gasteiger partial charge in [-0.3, -0.25) is 9.69 Å². The molecule has 3 rings (SSSR count). The maximum absolute atomic E-state index is 12.8. The second-order valence-corrected chi connectivity index (χ2v) is 9.89. The number of amides is 1. The molecule has 1 atom stereocenters.